The van der Waals surface area contributed by atoms with Gasteiger partial charge in [-0.3, -0.25) is 4.79 Å². The summed E-state index contributed by atoms with van der Waals surface area (Å²) in [6.07, 6.45) is 1.48. The second kappa shape index (κ2) is 10.5. The van der Waals surface area contributed by atoms with E-state index in [1.54, 1.807) is 30.3 Å². The molecule has 0 atom stereocenters. The molecule has 160 valence electrons. The van der Waals surface area contributed by atoms with Crippen molar-refractivity contribution in [2.75, 3.05) is 6.61 Å². The van der Waals surface area contributed by atoms with Gasteiger partial charge in [-0.05, 0) is 79.1 Å². The molecule has 7 heteroatoms. The van der Waals surface area contributed by atoms with Crippen LogP contribution in [0.3, 0.4) is 0 Å². The monoisotopic (exact) mass is 438 g/mol. The van der Waals surface area contributed by atoms with Crippen LogP contribution in [0.25, 0.3) is 0 Å². The molecule has 3 aromatic carbocycles. The fourth-order valence-electron chi connectivity index (χ4n) is 2.74. The number of aromatic hydroxyl groups is 1. The maximum Gasteiger partial charge on any atom is 0.271 e. The van der Waals surface area contributed by atoms with Crippen molar-refractivity contribution in [1.29, 1.82) is 0 Å². The summed E-state index contributed by atoms with van der Waals surface area (Å²) in [5.41, 5.74) is 5.53. The van der Waals surface area contributed by atoms with Crippen molar-refractivity contribution < 1.29 is 19.4 Å². The summed E-state index contributed by atoms with van der Waals surface area (Å²) in [5.74, 6) is 0.822. The molecule has 0 saturated heterocycles. The van der Waals surface area contributed by atoms with Gasteiger partial charge in [0.15, 0.2) is 11.5 Å². The lowest BCUT2D eigenvalue weighted by Gasteiger charge is -2.08. The molecule has 2 N–H and O–H groups in total. The van der Waals surface area contributed by atoms with Crippen LogP contribution in [0.5, 0.6) is 17.2 Å². The lowest BCUT2D eigenvalue weighted by Crippen LogP contribution is -2.17. The van der Waals surface area contributed by atoms with Crippen molar-refractivity contribution >= 4 is 23.7 Å². The highest BCUT2D eigenvalue weighted by atomic mass is 35.5. The third-order valence-corrected chi connectivity index (χ3v) is 4.84. The van der Waals surface area contributed by atoms with Gasteiger partial charge < -0.3 is 14.6 Å². The number of hydrogen-bond donors (Lipinski definition) is 2. The quantitative estimate of drug-likeness (QED) is 0.379. The number of carbonyl (C=O) groups excluding carboxylic acids is 1. The number of rotatable bonds is 8. The molecule has 0 radical (unpaired) electrons. The van der Waals surface area contributed by atoms with Gasteiger partial charge >= 0.3 is 0 Å². The average Bonchev–Trinajstić information content (AvgIpc) is 2.77. The minimum atomic E-state index is -0.333. The van der Waals surface area contributed by atoms with E-state index < -0.39 is 0 Å². The average molecular weight is 439 g/mol. The maximum atomic E-state index is 12.3. The summed E-state index contributed by atoms with van der Waals surface area (Å²) in [4.78, 5) is 12.3. The first-order valence-electron chi connectivity index (χ1n) is 9.73. The zero-order valence-electron chi connectivity index (χ0n) is 17.3. The topological polar surface area (TPSA) is 80.2 Å². The first-order valence-corrected chi connectivity index (χ1v) is 10.1. The molecule has 6 nitrogen and oxygen atoms in total. The van der Waals surface area contributed by atoms with Gasteiger partial charge in [-0.1, -0.05) is 23.7 Å². The molecule has 3 aromatic rings. The van der Waals surface area contributed by atoms with Crippen LogP contribution in [0.4, 0.5) is 0 Å². The minimum Gasteiger partial charge on any atom is -0.504 e. The van der Waals surface area contributed by atoms with Gasteiger partial charge in [0.2, 0.25) is 0 Å². The van der Waals surface area contributed by atoms with Crippen molar-refractivity contribution in [3.63, 3.8) is 0 Å². The van der Waals surface area contributed by atoms with Crippen LogP contribution in [0.2, 0.25) is 5.02 Å². The van der Waals surface area contributed by atoms with Crippen molar-refractivity contribution in [3.05, 3.63) is 87.9 Å². The Balaban J connectivity index is 1.54. The van der Waals surface area contributed by atoms with Gasteiger partial charge in [-0.15, -0.1) is 0 Å². The third kappa shape index (κ3) is 6.23. The number of hydrazone groups is 1. The zero-order chi connectivity index (χ0) is 22.2. The van der Waals surface area contributed by atoms with Crippen molar-refractivity contribution in [2.45, 2.75) is 20.5 Å². The van der Waals surface area contributed by atoms with E-state index in [0.29, 0.717) is 35.1 Å². The van der Waals surface area contributed by atoms with Gasteiger partial charge in [-0.2, -0.15) is 5.10 Å². The summed E-state index contributed by atoms with van der Waals surface area (Å²) in [6, 6.07) is 17.4. The predicted molar refractivity (Wildman–Crippen MR) is 121 cm³/mol. The Hall–Kier alpha value is -3.51. The van der Waals surface area contributed by atoms with E-state index in [4.69, 9.17) is 21.1 Å². The number of ether oxygens (including phenoxy) is 2. The number of phenolic OH excluding ortho intramolecular Hbond substituents is 1. The molecule has 3 rings (SSSR count). The molecule has 0 bridgehead atoms. The largest absolute Gasteiger partial charge is 0.504 e. The lowest BCUT2D eigenvalue weighted by atomic mass is 10.1. The highest BCUT2D eigenvalue weighted by molar-refractivity contribution is 6.31. The van der Waals surface area contributed by atoms with Crippen LogP contribution in [-0.2, 0) is 6.61 Å². The maximum absolute atomic E-state index is 12.3. The SMILES string of the molecule is CCOc1cc(/C=N/NC(=O)c2ccc(COc3ccc(Cl)c(C)c3)cc2)ccc1O. The number of nitrogens with one attached hydrogen (secondary N) is 1. The predicted octanol–water partition coefficient (Wildman–Crippen LogP) is 5.10. The first-order chi connectivity index (χ1) is 15.0. The molecule has 0 fully saturated rings. The van der Waals surface area contributed by atoms with E-state index in [1.807, 2.05) is 38.1 Å². The first kappa shape index (κ1) is 22.2. The van der Waals surface area contributed by atoms with Crippen molar-refractivity contribution in [1.82, 2.24) is 5.43 Å². The van der Waals surface area contributed by atoms with Crippen LogP contribution in [0.1, 0.15) is 34.0 Å². The Morgan fingerprint density at radius 3 is 2.58 bits per heavy atom. The van der Waals surface area contributed by atoms with Gasteiger partial charge in [0, 0.05) is 10.6 Å². The number of aryl methyl sites for hydroxylation is 1. The second-order valence-electron chi connectivity index (χ2n) is 6.76. The normalized spacial score (nSPS) is 10.8. The van der Waals surface area contributed by atoms with Crippen LogP contribution in [0.15, 0.2) is 65.8 Å². The van der Waals surface area contributed by atoms with E-state index in [9.17, 15) is 9.90 Å². The van der Waals surface area contributed by atoms with Crippen molar-refractivity contribution in [2.24, 2.45) is 5.10 Å². The number of phenols is 1. The smallest absolute Gasteiger partial charge is 0.271 e. The third-order valence-electron chi connectivity index (χ3n) is 4.41. The fraction of sp³-hybridized carbons (Fsp3) is 0.167. The van der Waals surface area contributed by atoms with Crippen LogP contribution in [-0.4, -0.2) is 23.8 Å². The summed E-state index contributed by atoms with van der Waals surface area (Å²) < 4.78 is 11.1. The number of hydrogen-bond acceptors (Lipinski definition) is 5. The fourth-order valence-corrected chi connectivity index (χ4v) is 2.86. The van der Waals surface area contributed by atoms with Gasteiger partial charge in [-0.25, -0.2) is 5.43 Å². The summed E-state index contributed by atoms with van der Waals surface area (Å²) in [6.45, 7) is 4.57. The molecule has 0 aliphatic rings. The number of halogens is 1. The Morgan fingerprint density at radius 2 is 1.87 bits per heavy atom. The van der Waals surface area contributed by atoms with E-state index in [2.05, 4.69) is 10.5 Å². The molecule has 0 spiro atoms. The summed E-state index contributed by atoms with van der Waals surface area (Å²) in [5, 5.41) is 14.4. The zero-order valence-corrected chi connectivity index (χ0v) is 18.0. The minimum absolute atomic E-state index is 0.0540. The molecule has 0 aliphatic heterocycles. The molecule has 0 saturated carbocycles. The molecule has 1 amide bonds. The lowest BCUT2D eigenvalue weighted by molar-refractivity contribution is 0.0955. The van der Waals surface area contributed by atoms with Gasteiger partial charge in [0.1, 0.15) is 12.4 Å². The van der Waals surface area contributed by atoms with Crippen LogP contribution >= 0.6 is 11.6 Å². The highest BCUT2D eigenvalue weighted by Gasteiger charge is 2.06. The molecule has 0 aromatic heterocycles. The van der Waals surface area contributed by atoms with Crippen LogP contribution < -0.4 is 14.9 Å². The standard InChI is InChI=1S/C24H23ClN2O4/c1-3-30-23-13-18(6-11-22(23)28)14-26-27-24(29)19-7-4-17(5-8-19)15-31-20-9-10-21(25)16(2)12-20/h4-14,28H,3,15H2,1-2H3,(H,27,29)/b26-14+. The highest BCUT2D eigenvalue weighted by Crippen LogP contribution is 2.26. The molecule has 0 unspecified atom stereocenters. The second-order valence-corrected chi connectivity index (χ2v) is 7.16. The van der Waals surface area contributed by atoms with Gasteiger partial charge in [0.25, 0.3) is 5.91 Å². The molecule has 0 heterocycles. The molecular formula is C24H23ClN2O4. The van der Waals surface area contributed by atoms with Crippen molar-refractivity contribution in [3.8, 4) is 17.2 Å². The summed E-state index contributed by atoms with van der Waals surface area (Å²) in [7, 11) is 0. The van der Waals surface area contributed by atoms with Crippen LogP contribution in [0, 0.1) is 6.92 Å². The molecule has 31 heavy (non-hydrogen) atoms. The van der Waals surface area contributed by atoms with E-state index in [0.717, 1.165) is 16.9 Å². The number of nitrogens with zero attached hydrogens (tertiary/aromatic N) is 1. The number of benzene rings is 3. The molecular weight excluding hydrogens is 416 g/mol. The number of amides is 1. The van der Waals surface area contributed by atoms with E-state index in [-0.39, 0.29) is 11.7 Å². The Kier molecular flexibility index (Phi) is 7.51. The summed E-state index contributed by atoms with van der Waals surface area (Å²) >= 11 is 6.02. The molecule has 0 aliphatic carbocycles. The van der Waals surface area contributed by atoms with Gasteiger partial charge in [0.05, 0.1) is 12.8 Å². The Labute approximate surface area is 186 Å². The Morgan fingerprint density at radius 1 is 1.10 bits per heavy atom. The van der Waals surface area contributed by atoms with E-state index >= 15 is 0 Å². The number of carbonyl (C=O) groups is 1. The van der Waals surface area contributed by atoms with E-state index in [1.165, 1.54) is 12.3 Å². The Bertz CT molecular complexity index is 1080.